The first-order valence-corrected chi connectivity index (χ1v) is 10.2. The van der Waals surface area contributed by atoms with Crippen LogP contribution in [0, 0.1) is 0 Å². The molecule has 0 aliphatic carbocycles. The SMILES string of the molecule is COc1ccc(Cl)cc1C1(CN=C(N)N2CCSCC2)CCOCC1.I. The summed E-state index contributed by atoms with van der Waals surface area (Å²) in [5.41, 5.74) is 7.24. The molecule has 0 bridgehead atoms. The fourth-order valence-corrected chi connectivity index (χ4v) is 4.57. The van der Waals surface area contributed by atoms with E-state index in [9.17, 15) is 0 Å². The number of thioether (sulfide) groups is 1. The molecule has 0 atom stereocenters. The summed E-state index contributed by atoms with van der Waals surface area (Å²) in [6.45, 7) is 3.99. The van der Waals surface area contributed by atoms with Crippen molar-refractivity contribution in [2.45, 2.75) is 18.3 Å². The lowest BCUT2D eigenvalue weighted by Crippen LogP contribution is -2.44. The van der Waals surface area contributed by atoms with E-state index < -0.39 is 0 Å². The van der Waals surface area contributed by atoms with E-state index >= 15 is 0 Å². The Morgan fingerprint density at radius 2 is 2.04 bits per heavy atom. The van der Waals surface area contributed by atoms with Crippen LogP contribution in [0.5, 0.6) is 5.75 Å². The molecule has 5 nitrogen and oxygen atoms in total. The Kier molecular flexibility index (Phi) is 8.63. The Morgan fingerprint density at radius 3 is 2.69 bits per heavy atom. The van der Waals surface area contributed by atoms with Gasteiger partial charge >= 0.3 is 0 Å². The minimum Gasteiger partial charge on any atom is -0.496 e. The molecule has 26 heavy (non-hydrogen) atoms. The van der Waals surface area contributed by atoms with E-state index in [0.29, 0.717) is 30.7 Å². The number of guanidine groups is 1. The second-order valence-corrected chi connectivity index (χ2v) is 8.17. The third kappa shape index (κ3) is 5.11. The van der Waals surface area contributed by atoms with Crippen molar-refractivity contribution in [1.29, 1.82) is 0 Å². The van der Waals surface area contributed by atoms with Crippen LogP contribution < -0.4 is 10.5 Å². The maximum atomic E-state index is 6.28. The van der Waals surface area contributed by atoms with E-state index in [0.717, 1.165) is 48.7 Å². The van der Waals surface area contributed by atoms with Crippen LogP contribution in [0.2, 0.25) is 5.02 Å². The number of benzene rings is 1. The van der Waals surface area contributed by atoms with E-state index in [4.69, 9.17) is 31.8 Å². The van der Waals surface area contributed by atoms with Crippen LogP contribution in [0.3, 0.4) is 0 Å². The summed E-state index contributed by atoms with van der Waals surface area (Å²) in [7, 11) is 1.70. The van der Waals surface area contributed by atoms with Crippen LogP contribution in [0.15, 0.2) is 23.2 Å². The first kappa shape index (κ1) is 21.9. The summed E-state index contributed by atoms with van der Waals surface area (Å²) in [5, 5.41) is 0.715. The second-order valence-electron chi connectivity index (χ2n) is 6.51. The minimum absolute atomic E-state index is 0. The average Bonchev–Trinajstić information content (AvgIpc) is 2.67. The standard InChI is InChI=1S/C18H26ClN3O2S.HI/c1-23-16-3-2-14(19)12-15(16)18(4-8-24-9-5-18)13-21-17(20)22-6-10-25-11-7-22;/h2-3,12H,4-11,13H2,1H3,(H2,20,21);1H. The van der Waals surface area contributed by atoms with Crippen molar-refractivity contribution in [2.24, 2.45) is 10.7 Å². The third-order valence-electron chi connectivity index (χ3n) is 5.06. The molecule has 0 saturated carbocycles. The largest absolute Gasteiger partial charge is 0.496 e. The van der Waals surface area contributed by atoms with Crippen LogP contribution >= 0.6 is 47.3 Å². The Bertz CT molecular complexity index is 620. The topological polar surface area (TPSA) is 60.1 Å². The number of methoxy groups -OCH3 is 1. The molecule has 2 N–H and O–H groups in total. The van der Waals surface area contributed by atoms with Gasteiger partial charge in [0.25, 0.3) is 0 Å². The quantitative estimate of drug-likeness (QED) is 0.382. The predicted octanol–water partition coefficient (Wildman–Crippen LogP) is 3.38. The summed E-state index contributed by atoms with van der Waals surface area (Å²) >= 11 is 8.25. The van der Waals surface area contributed by atoms with Gasteiger partial charge in [0.1, 0.15) is 5.75 Å². The number of ether oxygens (including phenoxy) is 2. The van der Waals surface area contributed by atoms with Crippen molar-refractivity contribution in [3.63, 3.8) is 0 Å². The van der Waals surface area contributed by atoms with Gasteiger partial charge in [0.05, 0.1) is 13.7 Å². The van der Waals surface area contributed by atoms with Crippen molar-refractivity contribution in [3.05, 3.63) is 28.8 Å². The van der Waals surface area contributed by atoms with Gasteiger partial charge in [0.2, 0.25) is 0 Å². The Labute approximate surface area is 182 Å². The number of nitrogens with zero attached hydrogens (tertiary/aromatic N) is 2. The molecule has 0 radical (unpaired) electrons. The van der Waals surface area contributed by atoms with E-state index in [1.54, 1.807) is 7.11 Å². The highest BCUT2D eigenvalue weighted by molar-refractivity contribution is 14.0. The molecule has 0 aromatic heterocycles. The van der Waals surface area contributed by atoms with Crippen molar-refractivity contribution < 1.29 is 9.47 Å². The van der Waals surface area contributed by atoms with Crippen LogP contribution in [0.25, 0.3) is 0 Å². The molecular weight excluding hydrogens is 485 g/mol. The smallest absolute Gasteiger partial charge is 0.191 e. The molecule has 0 unspecified atom stereocenters. The number of hydrogen-bond acceptors (Lipinski definition) is 4. The van der Waals surface area contributed by atoms with Crippen molar-refractivity contribution in [1.82, 2.24) is 4.90 Å². The van der Waals surface area contributed by atoms with Gasteiger partial charge in [-0.25, -0.2) is 0 Å². The fraction of sp³-hybridized carbons (Fsp3) is 0.611. The van der Waals surface area contributed by atoms with Gasteiger partial charge in [-0.15, -0.1) is 24.0 Å². The Morgan fingerprint density at radius 1 is 1.35 bits per heavy atom. The highest BCUT2D eigenvalue weighted by atomic mass is 127. The molecule has 0 spiro atoms. The van der Waals surface area contributed by atoms with Crippen molar-refractivity contribution in [3.8, 4) is 5.75 Å². The molecule has 3 rings (SSSR count). The van der Waals surface area contributed by atoms with Gasteiger partial charge in [-0.3, -0.25) is 4.99 Å². The number of aliphatic imine (C=N–C) groups is 1. The van der Waals surface area contributed by atoms with E-state index in [2.05, 4.69) is 4.90 Å². The van der Waals surface area contributed by atoms with Gasteiger partial charge in [0, 0.05) is 53.8 Å². The molecule has 2 saturated heterocycles. The lowest BCUT2D eigenvalue weighted by atomic mass is 9.73. The summed E-state index contributed by atoms with van der Waals surface area (Å²) < 4.78 is 11.2. The molecule has 2 aliphatic heterocycles. The maximum absolute atomic E-state index is 6.28. The van der Waals surface area contributed by atoms with Gasteiger partial charge in [0.15, 0.2) is 5.96 Å². The zero-order valence-electron chi connectivity index (χ0n) is 15.1. The summed E-state index contributed by atoms with van der Waals surface area (Å²) in [6, 6.07) is 5.80. The molecule has 2 fully saturated rings. The van der Waals surface area contributed by atoms with Crippen LogP contribution in [-0.2, 0) is 10.2 Å². The summed E-state index contributed by atoms with van der Waals surface area (Å²) in [4.78, 5) is 6.96. The first-order valence-electron chi connectivity index (χ1n) is 8.69. The molecule has 0 amide bonds. The molecule has 1 aromatic rings. The van der Waals surface area contributed by atoms with E-state index in [1.807, 2.05) is 30.0 Å². The molecule has 2 heterocycles. The Hall–Kier alpha value is -0.380. The van der Waals surface area contributed by atoms with Gasteiger partial charge in [-0.2, -0.15) is 11.8 Å². The van der Waals surface area contributed by atoms with Crippen molar-refractivity contribution in [2.75, 3.05) is 51.5 Å². The Balaban J connectivity index is 0.00000243. The summed E-state index contributed by atoms with van der Waals surface area (Å²) in [6.07, 6.45) is 1.77. The first-order chi connectivity index (χ1) is 12.1. The molecular formula is C18H27ClIN3O2S. The highest BCUT2D eigenvalue weighted by Crippen LogP contribution is 2.41. The van der Waals surface area contributed by atoms with E-state index in [1.165, 1.54) is 0 Å². The third-order valence-corrected chi connectivity index (χ3v) is 6.24. The normalized spacial score (nSPS) is 20.4. The van der Waals surface area contributed by atoms with Crippen LogP contribution in [0.4, 0.5) is 0 Å². The molecule has 1 aromatic carbocycles. The molecule has 8 heteroatoms. The zero-order chi connectivity index (χ0) is 17.7. The number of hydrogen-bond donors (Lipinski definition) is 1. The van der Waals surface area contributed by atoms with E-state index in [-0.39, 0.29) is 29.4 Å². The van der Waals surface area contributed by atoms with Crippen molar-refractivity contribution >= 4 is 53.3 Å². The number of nitrogens with two attached hydrogens (primary N) is 1. The number of halogens is 2. The average molecular weight is 512 g/mol. The zero-order valence-corrected chi connectivity index (χ0v) is 19.0. The monoisotopic (exact) mass is 511 g/mol. The minimum atomic E-state index is -0.149. The second kappa shape index (κ2) is 10.2. The summed E-state index contributed by atoms with van der Waals surface area (Å²) in [5.74, 6) is 3.72. The van der Waals surface area contributed by atoms with Gasteiger partial charge in [-0.1, -0.05) is 11.6 Å². The maximum Gasteiger partial charge on any atom is 0.191 e. The molecule has 2 aliphatic rings. The van der Waals surface area contributed by atoms with Gasteiger partial charge < -0.3 is 20.1 Å². The number of rotatable bonds is 4. The lowest BCUT2D eigenvalue weighted by molar-refractivity contribution is 0.0522. The highest BCUT2D eigenvalue weighted by Gasteiger charge is 2.37. The fourth-order valence-electron chi connectivity index (χ4n) is 3.49. The predicted molar refractivity (Wildman–Crippen MR) is 121 cm³/mol. The van der Waals surface area contributed by atoms with Gasteiger partial charge in [-0.05, 0) is 31.0 Å². The van der Waals surface area contributed by atoms with Crippen LogP contribution in [-0.4, -0.2) is 62.3 Å². The van der Waals surface area contributed by atoms with Crippen LogP contribution in [0.1, 0.15) is 18.4 Å². The molecule has 146 valence electrons. The lowest BCUT2D eigenvalue weighted by Gasteiger charge is -2.38.